The van der Waals surface area contributed by atoms with Gasteiger partial charge >= 0.3 is 0 Å². The van der Waals surface area contributed by atoms with E-state index in [2.05, 4.69) is 5.32 Å². The zero-order valence-corrected chi connectivity index (χ0v) is 10.4. The van der Waals surface area contributed by atoms with Crippen molar-refractivity contribution < 1.29 is 9.72 Å². The molecule has 0 aliphatic rings. The number of anilines is 1. The van der Waals surface area contributed by atoms with Crippen molar-refractivity contribution in [1.82, 2.24) is 0 Å². The molecule has 3 N–H and O–H groups in total. The Balaban J connectivity index is 2.79. The lowest BCUT2D eigenvalue weighted by atomic mass is 10.0. The average Bonchev–Trinajstić information content (AvgIpc) is 2.28. The lowest BCUT2D eigenvalue weighted by molar-refractivity contribution is -0.383. The molecular formula is C12H17N3O3. The Bertz CT molecular complexity index is 446. The van der Waals surface area contributed by atoms with Crippen LogP contribution in [0.15, 0.2) is 24.3 Å². The van der Waals surface area contributed by atoms with Crippen LogP contribution in [-0.2, 0) is 4.79 Å². The van der Waals surface area contributed by atoms with Crippen molar-refractivity contribution in [2.45, 2.75) is 26.3 Å². The molecule has 1 aromatic carbocycles. The molecule has 1 amide bonds. The van der Waals surface area contributed by atoms with Crippen molar-refractivity contribution in [3.05, 3.63) is 34.4 Å². The number of nitro groups is 1. The molecule has 0 heterocycles. The van der Waals surface area contributed by atoms with E-state index in [1.807, 2.05) is 13.8 Å². The van der Waals surface area contributed by atoms with Crippen molar-refractivity contribution >= 4 is 17.3 Å². The molecule has 0 aliphatic heterocycles. The van der Waals surface area contributed by atoms with E-state index < -0.39 is 16.9 Å². The van der Waals surface area contributed by atoms with Gasteiger partial charge in [-0.3, -0.25) is 14.9 Å². The molecule has 98 valence electrons. The second-order valence-electron chi connectivity index (χ2n) is 4.50. The van der Waals surface area contributed by atoms with Gasteiger partial charge in [0.05, 0.1) is 11.0 Å². The third kappa shape index (κ3) is 3.81. The topological polar surface area (TPSA) is 98.3 Å². The number of nitro benzene ring substituents is 1. The van der Waals surface area contributed by atoms with Crippen LogP contribution in [0.3, 0.4) is 0 Å². The molecule has 0 unspecified atom stereocenters. The van der Waals surface area contributed by atoms with Crippen molar-refractivity contribution in [3.63, 3.8) is 0 Å². The number of benzene rings is 1. The maximum absolute atomic E-state index is 11.8. The molecule has 18 heavy (non-hydrogen) atoms. The molecule has 0 spiro atoms. The lowest BCUT2D eigenvalue weighted by Gasteiger charge is -2.14. The van der Waals surface area contributed by atoms with Crippen molar-refractivity contribution in [2.75, 3.05) is 5.32 Å². The van der Waals surface area contributed by atoms with E-state index in [-0.39, 0.29) is 17.3 Å². The summed E-state index contributed by atoms with van der Waals surface area (Å²) in [7, 11) is 0. The number of carbonyl (C=O) groups excluding carboxylic acids is 1. The quantitative estimate of drug-likeness (QED) is 0.616. The van der Waals surface area contributed by atoms with Gasteiger partial charge in [0.25, 0.3) is 5.69 Å². The van der Waals surface area contributed by atoms with Crippen LogP contribution >= 0.6 is 0 Å². The van der Waals surface area contributed by atoms with Gasteiger partial charge in [0.1, 0.15) is 5.69 Å². The number of amides is 1. The summed E-state index contributed by atoms with van der Waals surface area (Å²) in [6.45, 7) is 3.91. The highest BCUT2D eigenvalue weighted by Gasteiger charge is 2.19. The van der Waals surface area contributed by atoms with Gasteiger partial charge in [0.15, 0.2) is 0 Å². The fourth-order valence-corrected chi connectivity index (χ4v) is 1.58. The van der Waals surface area contributed by atoms with E-state index in [1.165, 1.54) is 12.1 Å². The van der Waals surface area contributed by atoms with Gasteiger partial charge in [-0.15, -0.1) is 0 Å². The number of hydrogen-bond donors (Lipinski definition) is 2. The summed E-state index contributed by atoms with van der Waals surface area (Å²) in [5.74, 6) is -0.116. The minimum atomic E-state index is -0.662. The van der Waals surface area contributed by atoms with Gasteiger partial charge in [-0.25, -0.2) is 0 Å². The highest BCUT2D eigenvalue weighted by molar-refractivity contribution is 5.96. The SMILES string of the molecule is CC(C)C[C@H](N)C(=O)Nc1ccccc1[N+](=O)[O-]. The summed E-state index contributed by atoms with van der Waals surface area (Å²) in [5, 5.41) is 13.3. The molecule has 1 aromatic rings. The van der Waals surface area contributed by atoms with Crippen molar-refractivity contribution in [1.29, 1.82) is 0 Å². The third-order valence-electron chi connectivity index (χ3n) is 2.42. The van der Waals surface area contributed by atoms with Crippen molar-refractivity contribution in [3.8, 4) is 0 Å². The van der Waals surface area contributed by atoms with E-state index in [9.17, 15) is 14.9 Å². The lowest BCUT2D eigenvalue weighted by Crippen LogP contribution is -2.36. The first-order chi connectivity index (χ1) is 8.41. The van der Waals surface area contributed by atoms with E-state index in [4.69, 9.17) is 5.73 Å². The first-order valence-electron chi connectivity index (χ1n) is 5.71. The van der Waals surface area contributed by atoms with Crippen LogP contribution in [0.25, 0.3) is 0 Å². The van der Waals surface area contributed by atoms with Crippen LogP contribution in [0.4, 0.5) is 11.4 Å². The molecule has 0 saturated heterocycles. The molecule has 0 saturated carbocycles. The Morgan fingerprint density at radius 2 is 2.06 bits per heavy atom. The van der Waals surface area contributed by atoms with Gasteiger partial charge in [-0.1, -0.05) is 26.0 Å². The number of nitrogens with zero attached hydrogens (tertiary/aromatic N) is 1. The number of nitrogens with two attached hydrogens (primary N) is 1. The Morgan fingerprint density at radius 3 is 2.61 bits per heavy atom. The summed E-state index contributed by atoms with van der Waals surface area (Å²) in [4.78, 5) is 22.0. The third-order valence-corrected chi connectivity index (χ3v) is 2.42. The number of nitrogens with one attached hydrogen (secondary N) is 1. The summed E-state index contributed by atoms with van der Waals surface area (Å²) in [5.41, 5.74) is 5.75. The van der Waals surface area contributed by atoms with E-state index in [1.54, 1.807) is 12.1 Å². The predicted octanol–water partition coefficient (Wildman–Crippen LogP) is 1.91. The van der Waals surface area contributed by atoms with Crippen LogP contribution in [0, 0.1) is 16.0 Å². The highest BCUT2D eigenvalue weighted by atomic mass is 16.6. The first kappa shape index (κ1) is 14.1. The number of rotatable bonds is 5. The summed E-state index contributed by atoms with van der Waals surface area (Å²) in [6, 6.07) is 5.32. The van der Waals surface area contributed by atoms with Gasteiger partial charge in [0, 0.05) is 6.07 Å². The van der Waals surface area contributed by atoms with Crippen LogP contribution in [0.5, 0.6) is 0 Å². The smallest absolute Gasteiger partial charge is 0.292 e. The van der Waals surface area contributed by atoms with E-state index >= 15 is 0 Å². The standard InChI is InChI=1S/C12H17N3O3/c1-8(2)7-9(13)12(16)14-10-5-3-4-6-11(10)15(17)18/h3-6,8-9H,7,13H2,1-2H3,(H,14,16)/t9-/m0/s1. The number of carbonyl (C=O) groups is 1. The normalized spacial score (nSPS) is 12.2. The van der Waals surface area contributed by atoms with Gasteiger partial charge in [-0.05, 0) is 18.4 Å². The molecule has 1 atom stereocenters. The minimum Gasteiger partial charge on any atom is -0.320 e. The van der Waals surface area contributed by atoms with Crippen LogP contribution < -0.4 is 11.1 Å². The van der Waals surface area contributed by atoms with Gasteiger partial charge < -0.3 is 11.1 Å². The van der Waals surface area contributed by atoms with Crippen LogP contribution in [-0.4, -0.2) is 16.9 Å². The van der Waals surface area contributed by atoms with Crippen LogP contribution in [0.1, 0.15) is 20.3 Å². The summed E-state index contributed by atoms with van der Waals surface area (Å²) < 4.78 is 0. The molecule has 0 bridgehead atoms. The predicted molar refractivity (Wildman–Crippen MR) is 69.2 cm³/mol. The molecule has 0 aromatic heterocycles. The molecule has 6 heteroatoms. The first-order valence-corrected chi connectivity index (χ1v) is 5.71. The Morgan fingerprint density at radius 1 is 1.44 bits per heavy atom. The second kappa shape index (κ2) is 6.11. The molecule has 0 fully saturated rings. The Labute approximate surface area is 105 Å². The molecule has 0 aliphatic carbocycles. The monoisotopic (exact) mass is 251 g/mol. The average molecular weight is 251 g/mol. The summed E-state index contributed by atoms with van der Waals surface area (Å²) in [6.07, 6.45) is 0.534. The van der Waals surface area contributed by atoms with Gasteiger partial charge in [0.2, 0.25) is 5.91 Å². The Kier molecular flexibility index (Phi) is 4.79. The van der Waals surface area contributed by atoms with Crippen molar-refractivity contribution in [2.24, 2.45) is 11.7 Å². The summed E-state index contributed by atoms with van der Waals surface area (Å²) >= 11 is 0. The largest absolute Gasteiger partial charge is 0.320 e. The second-order valence-corrected chi connectivity index (χ2v) is 4.50. The van der Waals surface area contributed by atoms with E-state index in [0.717, 1.165) is 0 Å². The fraction of sp³-hybridized carbons (Fsp3) is 0.417. The molecule has 0 radical (unpaired) electrons. The number of hydrogen-bond acceptors (Lipinski definition) is 4. The maximum Gasteiger partial charge on any atom is 0.292 e. The molecule has 1 rings (SSSR count). The molecule has 6 nitrogen and oxygen atoms in total. The minimum absolute atomic E-state index is 0.136. The number of para-hydroxylation sites is 2. The maximum atomic E-state index is 11.8. The fourth-order valence-electron chi connectivity index (χ4n) is 1.58. The Hall–Kier alpha value is -1.95. The van der Waals surface area contributed by atoms with Gasteiger partial charge in [-0.2, -0.15) is 0 Å². The zero-order valence-electron chi connectivity index (χ0n) is 10.4. The highest BCUT2D eigenvalue weighted by Crippen LogP contribution is 2.23. The molecular weight excluding hydrogens is 234 g/mol. The zero-order chi connectivity index (χ0) is 13.7. The van der Waals surface area contributed by atoms with E-state index in [0.29, 0.717) is 6.42 Å². The van der Waals surface area contributed by atoms with Crippen LogP contribution in [0.2, 0.25) is 0 Å².